The van der Waals surface area contributed by atoms with E-state index in [1.165, 1.54) is 26.0 Å². The van der Waals surface area contributed by atoms with Gasteiger partial charge in [-0.25, -0.2) is 13.8 Å². The lowest BCUT2D eigenvalue weighted by molar-refractivity contribution is -0.204. The van der Waals surface area contributed by atoms with E-state index in [9.17, 15) is 29.2 Å². The molecule has 0 bridgehead atoms. The lowest BCUT2D eigenvalue weighted by atomic mass is 9.90. The van der Waals surface area contributed by atoms with Crippen LogP contribution in [-0.4, -0.2) is 62.5 Å². The number of carbonyl (C=O) groups is 1. The highest BCUT2D eigenvalue weighted by atomic mass is 31.2. The van der Waals surface area contributed by atoms with E-state index in [4.69, 9.17) is 18.5 Å². The van der Waals surface area contributed by atoms with Crippen molar-refractivity contribution in [1.82, 2.24) is 14.6 Å². The highest BCUT2D eigenvalue weighted by molar-refractivity contribution is 7.52. The zero-order valence-corrected chi connectivity index (χ0v) is 23.6. The minimum Gasteiger partial charge on any atom is -0.464 e. The van der Waals surface area contributed by atoms with E-state index in [1.54, 1.807) is 18.2 Å². The first kappa shape index (κ1) is 31.5. The molecular formula is C25H34FN3O10P+. The number of alkyl halides is 1. The van der Waals surface area contributed by atoms with E-state index in [0.29, 0.717) is 4.57 Å². The van der Waals surface area contributed by atoms with Gasteiger partial charge in [-0.3, -0.25) is 23.7 Å². The topological polar surface area (TPSA) is 178 Å². The van der Waals surface area contributed by atoms with Gasteiger partial charge in [0.2, 0.25) is 6.23 Å². The van der Waals surface area contributed by atoms with Gasteiger partial charge < -0.3 is 24.2 Å². The quantitative estimate of drug-likeness (QED) is 0.171. The van der Waals surface area contributed by atoms with Crippen LogP contribution in [0.4, 0.5) is 4.39 Å². The number of hydrogen-bond donors (Lipinski definition) is 4. The number of H-pyrrole nitrogens is 1. The maximum Gasteiger partial charge on any atom is 0.459 e. The van der Waals surface area contributed by atoms with Crippen LogP contribution in [0.2, 0.25) is 0 Å². The number of hydrogen-bond acceptors (Lipinski definition) is 10. The van der Waals surface area contributed by atoms with Crippen molar-refractivity contribution in [2.75, 3.05) is 13.2 Å². The Morgan fingerprint density at radius 3 is 2.52 bits per heavy atom. The molecule has 40 heavy (non-hydrogen) atoms. The summed E-state index contributed by atoms with van der Waals surface area (Å²) < 4.78 is 51.8. The average molecular weight is 587 g/mol. The molecule has 13 nitrogen and oxygen atoms in total. The summed E-state index contributed by atoms with van der Waals surface area (Å²) in [4.78, 5) is 38.3. The molecule has 0 saturated carbocycles. The maximum absolute atomic E-state index is 16.1. The lowest BCUT2D eigenvalue weighted by Gasteiger charge is -2.28. The highest BCUT2D eigenvalue weighted by Crippen LogP contribution is 2.51. The van der Waals surface area contributed by atoms with Gasteiger partial charge in [-0.15, -0.1) is 0 Å². The molecule has 1 aliphatic rings. The van der Waals surface area contributed by atoms with Crippen LogP contribution in [0, 0.1) is 11.8 Å². The number of benzene rings is 1. The molecule has 1 saturated heterocycles. The van der Waals surface area contributed by atoms with Crippen molar-refractivity contribution >= 4 is 13.7 Å². The van der Waals surface area contributed by atoms with E-state index >= 15 is 4.39 Å². The third-order valence-electron chi connectivity index (χ3n) is 5.87. The van der Waals surface area contributed by atoms with Gasteiger partial charge in [0.1, 0.15) is 24.8 Å². The standard InChI is InChI=1S/C25H33FN3O10P/c1-6-24(34)20(32)25(26,38-21(24)29-13-12-18(30)27-22(29)33)15-37-40(35,39-17-10-8-7-9-11-17)28-16(2)19(31)36-14-23(3,4)5/h6-13,16,20-21,32,34H,14-15H2,1-5H3,(H-,27,28,30,33,35)/p+1. The second kappa shape index (κ2) is 11.9. The van der Waals surface area contributed by atoms with E-state index in [1.807, 2.05) is 25.8 Å². The molecule has 1 aromatic heterocycles. The number of aliphatic hydroxyl groups is 2. The van der Waals surface area contributed by atoms with Crippen LogP contribution in [0.5, 0.6) is 5.75 Å². The third-order valence-corrected chi connectivity index (χ3v) is 7.49. The number of para-hydroxylation sites is 1. The minimum atomic E-state index is -4.59. The Kier molecular flexibility index (Phi) is 9.34. The van der Waals surface area contributed by atoms with Crippen LogP contribution in [0.25, 0.3) is 0 Å². The molecule has 1 fully saturated rings. The number of carbonyl (C=O) groups excluding carboxylic acids is 1. The zero-order valence-electron chi connectivity index (χ0n) is 22.7. The van der Waals surface area contributed by atoms with E-state index in [0.717, 1.165) is 18.7 Å². The van der Waals surface area contributed by atoms with Gasteiger partial charge in [0.25, 0.3) is 17.0 Å². The number of ether oxygens (including phenoxy) is 2. The van der Waals surface area contributed by atoms with Crippen molar-refractivity contribution in [2.24, 2.45) is 5.41 Å². The van der Waals surface area contributed by atoms with Gasteiger partial charge in [-0.05, 0) is 24.5 Å². The molecule has 0 radical (unpaired) electrons. The van der Waals surface area contributed by atoms with E-state index < -0.39 is 61.4 Å². The largest absolute Gasteiger partial charge is 0.464 e. The Balaban J connectivity index is 1.86. The Morgan fingerprint density at radius 1 is 1.30 bits per heavy atom. The number of nitrogens with one attached hydrogen (secondary N) is 2. The Labute approximate surface area is 229 Å². The molecule has 0 spiro atoms. The lowest BCUT2D eigenvalue weighted by Crippen LogP contribution is -2.52. The number of aromatic nitrogens is 2. The molecular weight excluding hydrogens is 552 g/mol. The number of nitrogens with zero attached hydrogens (tertiary/aromatic N) is 1. The van der Waals surface area contributed by atoms with Crippen molar-refractivity contribution < 1.29 is 42.5 Å². The summed E-state index contributed by atoms with van der Waals surface area (Å²) in [5.74, 6) is -3.98. The molecule has 6 atom stereocenters. The van der Waals surface area contributed by atoms with Crippen LogP contribution in [0.1, 0.15) is 40.8 Å². The summed E-state index contributed by atoms with van der Waals surface area (Å²) in [6.45, 7) is 6.96. The van der Waals surface area contributed by atoms with Crippen LogP contribution >= 0.6 is 7.75 Å². The number of esters is 1. The van der Waals surface area contributed by atoms with Crippen molar-refractivity contribution in [3.05, 3.63) is 69.9 Å². The molecule has 1 aliphatic heterocycles. The van der Waals surface area contributed by atoms with Gasteiger partial charge in [-0.1, -0.05) is 39.0 Å². The normalized spacial score (nSPS) is 27.0. The molecule has 0 aliphatic carbocycles. The Hall–Kier alpha value is -3.00. The fourth-order valence-electron chi connectivity index (χ4n) is 3.72. The summed E-state index contributed by atoms with van der Waals surface area (Å²) in [6.07, 6.45) is -2.24. The number of aromatic amines is 1. The van der Waals surface area contributed by atoms with Crippen LogP contribution in [0.15, 0.2) is 52.2 Å². The van der Waals surface area contributed by atoms with Crippen molar-refractivity contribution in [2.45, 2.75) is 64.4 Å². The highest BCUT2D eigenvalue weighted by Gasteiger charge is 2.70. The first-order chi connectivity index (χ1) is 18.5. The van der Waals surface area contributed by atoms with E-state index in [2.05, 4.69) is 5.09 Å². The van der Waals surface area contributed by atoms with Gasteiger partial charge in [-0.2, -0.15) is 5.09 Å². The fourth-order valence-corrected chi connectivity index (χ4v) is 5.22. The molecule has 220 valence electrons. The predicted molar refractivity (Wildman–Crippen MR) is 140 cm³/mol. The molecule has 3 rings (SSSR count). The number of aliphatic hydroxyl groups excluding tert-OH is 1. The number of halogens is 1. The van der Waals surface area contributed by atoms with Crippen molar-refractivity contribution in [1.29, 1.82) is 0 Å². The molecule has 2 heterocycles. The molecule has 4 N–H and O–H groups in total. The minimum absolute atomic E-state index is 0.0467. The fraction of sp³-hybridized carbons (Fsp3) is 0.520. The van der Waals surface area contributed by atoms with Gasteiger partial charge in [0.05, 0.1) is 13.5 Å². The van der Waals surface area contributed by atoms with Crippen LogP contribution < -0.4 is 20.9 Å². The second-order valence-electron chi connectivity index (χ2n) is 10.5. The molecule has 1 aromatic carbocycles. The summed E-state index contributed by atoms with van der Waals surface area (Å²) >= 11 is 0. The SMILES string of the molecule is C[CH+]C1(O)C(n2ccc(=O)[nH]c2=O)OC(F)(COP(=O)(NC(C)C(=O)OCC(C)(C)C)Oc2ccccc2)C1O. The molecule has 15 heteroatoms. The smallest absolute Gasteiger partial charge is 0.459 e. The molecule has 0 amide bonds. The van der Waals surface area contributed by atoms with Gasteiger partial charge >= 0.3 is 19.4 Å². The van der Waals surface area contributed by atoms with Crippen molar-refractivity contribution in [3.63, 3.8) is 0 Å². The molecule has 2 aromatic rings. The monoisotopic (exact) mass is 586 g/mol. The van der Waals surface area contributed by atoms with Gasteiger partial charge in [0, 0.05) is 12.3 Å². The summed E-state index contributed by atoms with van der Waals surface area (Å²) in [7, 11) is -4.59. The summed E-state index contributed by atoms with van der Waals surface area (Å²) in [5.41, 5.74) is -4.62. The second-order valence-corrected chi connectivity index (χ2v) is 12.2. The number of rotatable bonds is 11. The summed E-state index contributed by atoms with van der Waals surface area (Å²) in [5, 5.41) is 24.2. The van der Waals surface area contributed by atoms with Crippen molar-refractivity contribution in [3.8, 4) is 5.75 Å². The Bertz CT molecular complexity index is 1350. The van der Waals surface area contributed by atoms with Crippen LogP contribution in [-0.2, 0) is 23.4 Å². The maximum atomic E-state index is 16.1. The van der Waals surface area contributed by atoms with Crippen LogP contribution in [0.3, 0.4) is 0 Å². The average Bonchev–Trinajstić information content (AvgIpc) is 3.08. The zero-order chi connectivity index (χ0) is 29.9. The molecule has 6 unspecified atom stereocenters. The van der Waals surface area contributed by atoms with E-state index in [-0.39, 0.29) is 17.8 Å². The Morgan fingerprint density at radius 2 is 1.95 bits per heavy atom. The first-order valence-corrected chi connectivity index (χ1v) is 13.9. The van der Waals surface area contributed by atoms with Gasteiger partial charge in [0.15, 0.2) is 6.10 Å². The summed E-state index contributed by atoms with van der Waals surface area (Å²) in [6, 6.07) is 7.39. The predicted octanol–water partition coefficient (Wildman–Crippen LogP) is 1.82. The first-order valence-electron chi connectivity index (χ1n) is 12.3. The third kappa shape index (κ3) is 7.19.